The maximum atomic E-state index is 12.4. The molecule has 10 nitrogen and oxygen atoms in total. The second kappa shape index (κ2) is 8.76. The summed E-state index contributed by atoms with van der Waals surface area (Å²) in [7, 11) is 0. The average Bonchev–Trinajstić information content (AvgIpc) is 3.15. The van der Waals surface area contributed by atoms with Gasteiger partial charge in [-0.3, -0.25) is 24.7 Å². The largest absolute Gasteiger partial charge is 0.433 e. The molecule has 148 valence electrons. The molecule has 0 atom stereocenters. The Balaban J connectivity index is 1.92. The summed E-state index contributed by atoms with van der Waals surface area (Å²) < 4.78 is 4.94. The van der Waals surface area contributed by atoms with Crippen LogP contribution in [0, 0.1) is 10.1 Å². The van der Waals surface area contributed by atoms with Gasteiger partial charge in [-0.05, 0) is 40.2 Å². The van der Waals surface area contributed by atoms with Gasteiger partial charge in [0.15, 0.2) is 5.76 Å². The fourth-order valence-electron chi connectivity index (χ4n) is 3.00. The maximum absolute atomic E-state index is 12.4. The van der Waals surface area contributed by atoms with Crippen molar-refractivity contribution in [3.8, 4) is 0 Å². The van der Waals surface area contributed by atoms with Gasteiger partial charge in [0.1, 0.15) is 11.5 Å². The lowest BCUT2D eigenvalue weighted by molar-refractivity contribution is -0.402. The Labute approximate surface area is 157 Å². The molecular weight excluding hydrogens is 354 g/mol. The summed E-state index contributed by atoms with van der Waals surface area (Å²) >= 11 is 0. The van der Waals surface area contributed by atoms with Crippen LogP contribution >= 0.6 is 0 Å². The van der Waals surface area contributed by atoms with Crippen molar-refractivity contribution in [1.29, 1.82) is 0 Å². The average molecular weight is 379 g/mol. The second-order valence-corrected chi connectivity index (χ2v) is 6.84. The number of nitro groups is 1. The van der Waals surface area contributed by atoms with Crippen LogP contribution in [0.4, 0.5) is 10.7 Å². The summed E-state index contributed by atoms with van der Waals surface area (Å²) in [5.41, 5.74) is 0. The number of rotatable bonds is 9. The van der Waals surface area contributed by atoms with Crippen molar-refractivity contribution in [2.24, 2.45) is 5.10 Å². The van der Waals surface area contributed by atoms with Crippen LogP contribution in [0.2, 0.25) is 0 Å². The highest BCUT2D eigenvalue weighted by atomic mass is 16.6. The molecule has 0 radical (unpaired) electrons. The van der Waals surface area contributed by atoms with Crippen molar-refractivity contribution < 1.29 is 18.9 Å². The van der Waals surface area contributed by atoms with Crippen LogP contribution in [0.5, 0.6) is 0 Å². The highest BCUT2D eigenvalue weighted by Gasteiger charge is 2.35. The molecule has 0 aromatic carbocycles. The van der Waals surface area contributed by atoms with Gasteiger partial charge in [0.2, 0.25) is 0 Å². The Morgan fingerprint density at radius 1 is 1.30 bits per heavy atom. The lowest BCUT2D eigenvalue weighted by atomic mass is 10.2. The van der Waals surface area contributed by atoms with E-state index in [0.29, 0.717) is 25.0 Å². The zero-order valence-electron chi connectivity index (χ0n) is 16.0. The van der Waals surface area contributed by atoms with Crippen LogP contribution in [-0.4, -0.2) is 69.6 Å². The van der Waals surface area contributed by atoms with E-state index in [2.05, 4.69) is 37.7 Å². The molecule has 0 spiro atoms. The SMILES string of the molecule is CC(C)N(CCCN1C(=O)CN(/N=C\c2ccc([N+](=O)[O-])o2)C1=O)C(C)C. The lowest BCUT2D eigenvalue weighted by Gasteiger charge is -2.30. The quantitative estimate of drug-likeness (QED) is 0.282. The normalized spacial score (nSPS) is 15.4. The van der Waals surface area contributed by atoms with E-state index in [4.69, 9.17) is 4.42 Å². The van der Waals surface area contributed by atoms with Gasteiger partial charge < -0.3 is 4.42 Å². The fourth-order valence-corrected chi connectivity index (χ4v) is 3.00. The minimum atomic E-state index is -0.665. The van der Waals surface area contributed by atoms with Gasteiger partial charge in [0, 0.05) is 25.2 Å². The van der Waals surface area contributed by atoms with Gasteiger partial charge in [-0.1, -0.05) is 0 Å². The fraction of sp³-hybridized carbons (Fsp3) is 0.588. The molecule has 0 N–H and O–H groups in total. The Morgan fingerprint density at radius 2 is 1.96 bits per heavy atom. The summed E-state index contributed by atoms with van der Waals surface area (Å²) in [4.78, 5) is 37.9. The van der Waals surface area contributed by atoms with Gasteiger partial charge in [0.25, 0.3) is 5.91 Å². The highest BCUT2D eigenvalue weighted by molar-refractivity contribution is 6.02. The molecule has 1 aliphatic heterocycles. The summed E-state index contributed by atoms with van der Waals surface area (Å²) in [5, 5.41) is 15.5. The van der Waals surface area contributed by atoms with Crippen molar-refractivity contribution >= 4 is 24.0 Å². The zero-order valence-corrected chi connectivity index (χ0v) is 16.0. The van der Waals surface area contributed by atoms with Gasteiger partial charge in [-0.15, -0.1) is 0 Å². The van der Waals surface area contributed by atoms with Crippen LogP contribution in [0.3, 0.4) is 0 Å². The first-order chi connectivity index (χ1) is 12.7. The van der Waals surface area contributed by atoms with Crippen LogP contribution in [0.25, 0.3) is 0 Å². The first-order valence-electron chi connectivity index (χ1n) is 8.86. The van der Waals surface area contributed by atoms with Gasteiger partial charge in [-0.2, -0.15) is 5.10 Å². The molecule has 1 aliphatic rings. The number of nitrogens with zero attached hydrogens (tertiary/aromatic N) is 5. The molecule has 0 bridgehead atoms. The van der Waals surface area contributed by atoms with Crippen molar-refractivity contribution in [2.75, 3.05) is 19.6 Å². The van der Waals surface area contributed by atoms with Crippen molar-refractivity contribution in [3.63, 3.8) is 0 Å². The molecule has 1 fully saturated rings. The molecule has 27 heavy (non-hydrogen) atoms. The van der Waals surface area contributed by atoms with E-state index in [1.165, 1.54) is 23.2 Å². The zero-order chi connectivity index (χ0) is 20.1. The molecule has 10 heteroatoms. The van der Waals surface area contributed by atoms with Gasteiger partial charge in [-0.25, -0.2) is 9.80 Å². The van der Waals surface area contributed by atoms with E-state index in [1.807, 2.05) is 0 Å². The van der Waals surface area contributed by atoms with Crippen LogP contribution in [0.1, 0.15) is 39.9 Å². The van der Waals surface area contributed by atoms with E-state index in [-0.39, 0.29) is 18.2 Å². The number of imide groups is 1. The number of furan rings is 1. The summed E-state index contributed by atoms with van der Waals surface area (Å²) in [6.07, 6.45) is 1.86. The Hall–Kier alpha value is -2.75. The molecule has 1 aromatic rings. The third-order valence-corrected chi connectivity index (χ3v) is 4.28. The number of hydrogen-bond donors (Lipinski definition) is 0. The third kappa shape index (κ3) is 5.13. The monoisotopic (exact) mass is 379 g/mol. The molecule has 1 saturated heterocycles. The Kier molecular flexibility index (Phi) is 6.67. The second-order valence-electron chi connectivity index (χ2n) is 6.84. The van der Waals surface area contributed by atoms with Crippen LogP contribution in [0.15, 0.2) is 21.7 Å². The van der Waals surface area contributed by atoms with Crippen molar-refractivity contribution in [2.45, 2.75) is 46.2 Å². The first-order valence-corrected chi connectivity index (χ1v) is 8.86. The Bertz CT molecular complexity index is 719. The molecule has 1 aromatic heterocycles. The molecule has 0 saturated carbocycles. The molecule has 0 aliphatic carbocycles. The summed E-state index contributed by atoms with van der Waals surface area (Å²) in [5.74, 6) is -0.602. The molecule has 2 rings (SSSR count). The van der Waals surface area contributed by atoms with E-state index in [0.717, 1.165) is 11.6 Å². The van der Waals surface area contributed by atoms with Gasteiger partial charge >= 0.3 is 11.9 Å². The number of carbonyl (C=O) groups excluding carboxylic acids is 2. The van der Waals surface area contributed by atoms with Crippen molar-refractivity contribution in [3.05, 3.63) is 28.0 Å². The minimum absolute atomic E-state index is 0.130. The number of hydrazone groups is 1. The maximum Gasteiger partial charge on any atom is 0.433 e. The molecule has 2 heterocycles. The Morgan fingerprint density at radius 3 is 2.52 bits per heavy atom. The molecular formula is C17H25N5O5. The summed E-state index contributed by atoms with van der Waals surface area (Å²) in [6, 6.07) is 2.83. The standard InChI is InChI=1S/C17H25N5O5/c1-12(2)19(13(3)4)8-5-9-20-15(23)11-21(17(20)24)18-10-14-6-7-16(27-14)22(25)26/h6-7,10,12-13H,5,8-9,11H2,1-4H3/b18-10-. The van der Waals surface area contributed by atoms with Crippen molar-refractivity contribution in [1.82, 2.24) is 14.8 Å². The van der Waals surface area contributed by atoms with E-state index < -0.39 is 16.8 Å². The number of amides is 3. The number of urea groups is 1. The van der Waals surface area contributed by atoms with E-state index >= 15 is 0 Å². The number of hydrogen-bond acceptors (Lipinski definition) is 7. The minimum Gasteiger partial charge on any atom is -0.400 e. The predicted octanol–water partition coefficient (Wildman–Crippen LogP) is 2.29. The lowest BCUT2D eigenvalue weighted by Crippen LogP contribution is -2.40. The van der Waals surface area contributed by atoms with Gasteiger partial charge in [0.05, 0.1) is 12.3 Å². The van der Waals surface area contributed by atoms with E-state index in [9.17, 15) is 19.7 Å². The molecule has 3 amide bonds. The van der Waals surface area contributed by atoms with Crippen LogP contribution < -0.4 is 0 Å². The topological polar surface area (TPSA) is 112 Å². The first kappa shape index (κ1) is 20.6. The highest BCUT2D eigenvalue weighted by Crippen LogP contribution is 2.16. The predicted molar refractivity (Wildman–Crippen MR) is 98.4 cm³/mol. The van der Waals surface area contributed by atoms with E-state index in [1.54, 1.807) is 0 Å². The third-order valence-electron chi connectivity index (χ3n) is 4.28. The van der Waals surface area contributed by atoms with Crippen LogP contribution in [-0.2, 0) is 4.79 Å². The smallest absolute Gasteiger partial charge is 0.400 e. The molecule has 0 unspecified atom stereocenters. The summed E-state index contributed by atoms with van der Waals surface area (Å²) in [6.45, 7) is 9.40. The number of carbonyl (C=O) groups is 2.